The van der Waals surface area contributed by atoms with E-state index in [-0.39, 0.29) is 10.7 Å². The number of nitro groups is 2. The number of hydrogen-bond donors (Lipinski definition) is 0. The molecule has 3 rings (SSSR count). The standard InChI is InChI=1S/C15H9N3O4S/c19-17(20)12-4-7-14-10(9-12)1-2-11(16-14)3-5-13-6-8-15(23-13)18(21)22/h1-9H/b5-3+. The van der Waals surface area contributed by atoms with Crippen LogP contribution < -0.4 is 0 Å². The van der Waals surface area contributed by atoms with Crippen LogP contribution >= 0.6 is 11.3 Å². The average molecular weight is 327 g/mol. The molecule has 7 nitrogen and oxygen atoms in total. The van der Waals surface area contributed by atoms with Crippen molar-refractivity contribution < 1.29 is 9.85 Å². The van der Waals surface area contributed by atoms with Gasteiger partial charge in [-0.3, -0.25) is 20.2 Å². The Morgan fingerprint density at radius 1 is 0.957 bits per heavy atom. The molecule has 3 aromatic rings. The summed E-state index contributed by atoms with van der Waals surface area (Å²) in [5.41, 5.74) is 1.34. The molecule has 0 unspecified atom stereocenters. The predicted octanol–water partition coefficient (Wildman–Crippen LogP) is 4.28. The number of aromatic nitrogens is 1. The summed E-state index contributed by atoms with van der Waals surface area (Å²) in [6, 6.07) is 11.1. The van der Waals surface area contributed by atoms with Crippen molar-refractivity contribution in [1.29, 1.82) is 0 Å². The second-order valence-corrected chi connectivity index (χ2v) is 5.73. The SMILES string of the molecule is O=[N+]([O-])c1ccc2nc(/C=C/c3ccc([N+](=O)[O-])s3)ccc2c1. The lowest BCUT2D eigenvalue weighted by molar-refractivity contribution is -0.384. The van der Waals surface area contributed by atoms with Crippen LogP contribution in [0.15, 0.2) is 42.5 Å². The van der Waals surface area contributed by atoms with Crippen LogP contribution in [0, 0.1) is 20.2 Å². The summed E-state index contributed by atoms with van der Waals surface area (Å²) in [6.45, 7) is 0. The van der Waals surface area contributed by atoms with E-state index in [1.807, 2.05) is 0 Å². The fourth-order valence-corrected chi connectivity index (χ4v) is 2.76. The van der Waals surface area contributed by atoms with Crippen LogP contribution in [0.4, 0.5) is 10.7 Å². The van der Waals surface area contributed by atoms with Crippen LogP contribution in [-0.2, 0) is 0 Å². The van der Waals surface area contributed by atoms with Crippen LogP contribution in [0.5, 0.6) is 0 Å². The van der Waals surface area contributed by atoms with Gasteiger partial charge in [-0.15, -0.1) is 0 Å². The van der Waals surface area contributed by atoms with E-state index in [1.165, 1.54) is 18.2 Å². The molecule has 0 bridgehead atoms. The summed E-state index contributed by atoms with van der Waals surface area (Å²) in [5.74, 6) is 0. The van der Waals surface area contributed by atoms with Crippen LogP contribution in [0.2, 0.25) is 0 Å². The lowest BCUT2D eigenvalue weighted by Crippen LogP contribution is -1.89. The van der Waals surface area contributed by atoms with Crippen molar-refractivity contribution in [3.05, 3.63) is 73.3 Å². The Balaban J connectivity index is 1.87. The Hall–Kier alpha value is -3.13. The van der Waals surface area contributed by atoms with E-state index in [0.717, 1.165) is 16.2 Å². The Morgan fingerprint density at radius 2 is 1.78 bits per heavy atom. The van der Waals surface area contributed by atoms with E-state index in [2.05, 4.69) is 4.98 Å². The van der Waals surface area contributed by atoms with Gasteiger partial charge < -0.3 is 0 Å². The lowest BCUT2D eigenvalue weighted by atomic mass is 10.2. The van der Waals surface area contributed by atoms with E-state index in [0.29, 0.717) is 16.6 Å². The normalized spacial score (nSPS) is 11.1. The molecular weight excluding hydrogens is 318 g/mol. The zero-order valence-corrected chi connectivity index (χ0v) is 12.4. The predicted molar refractivity (Wildman–Crippen MR) is 88.3 cm³/mol. The monoisotopic (exact) mass is 327 g/mol. The highest BCUT2D eigenvalue weighted by atomic mass is 32.1. The van der Waals surface area contributed by atoms with Gasteiger partial charge in [-0.2, -0.15) is 0 Å². The molecule has 0 aliphatic heterocycles. The largest absolute Gasteiger partial charge is 0.324 e. The van der Waals surface area contributed by atoms with Crippen molar-refractivity contribution >= 4 is 45.1 Å². The molecule has 114 valence electrons. The maximum Gasteiger partial charge on any atom is 0.324 e. The van der Waals surface area contributed by atoms with Crippen molar-refractivity contribution in [3.8, 4) is 0 Å². The zero-order chi connectivity index (χ0) is 16.4. The van der Waals surface area contributed by atoms with Crippen molar-refractivity contribution in [3.63, 3.8) is 0 Å². The molecule has 0 radical (unpaired) electrons. The quantitative estimate of drug-likeness (QED) is 0.526. The Labute approximate surface area is 133 Å². The number of pyridine rings is 1. The first-order chi connectivity index (χ1) is 11.0. The van der Waals surface area contributed by atoms with E-state index in [1.54, 1.807) is 36.4 Å². The first-order valence-electron chi connectivity index (χ1n) is 6.50. The second-order valence-electron chi connectivity index (χ2n) is 4.64. The third-order valence-corrected chi connectivity index (χ3v) is 4.12. The Kier molecular flexibility index (Phi) is 3.82. The molecule has 0 amide bonds. The van der Waals surface area contributed by atoms with E-state index >= 15 is 0 Å². The molecule has 8 heteroatoms. The van der Waals surface area contributed by atoms with Crippen molar-refractivity contribution in [2.75, 3.05) is 0 Å². The summed E-state index contributed by atoms with van der Waals surface area (Å²) >= 11 is 1.08. The van der Waals surface area contributed by atoms with Crippen molar-refractivity contribution in [2.45, 2.75) is 0 Å². The highest BCUT2D eigenvalue weighted by Crippen LogP contribution is 2.26. The van der Waals surface area contributed by atoms with Gasteiger partial charge in [0.2, 0.25) is 0 Å². The number of thiophene rings is 1. The van der Waals surface area contributed by atoms with Gasteiger partial charge in [0.05, 0.1) is 21.1 Å². The molecule has 23 heavy (non-hydrogen) atoms. The molecule has 0 aliphatic rings. The molecule has 0 spiro atoms. The number of fused-ring (bicyclic) bond motifs is 1. The third kappa shape index (κ3) is 3.22. The maximum absolute atomic E-state index is 10.7. The minimum atomic E-state index is -0.447. The van der Waals surface area contributed by atoms with Gasteiger partial charge in [-0.05, 0) is 30.4 Å². The highest BCUT2D eigenvalue weighted by molar-refractivity contribution is 7.16. The van der Waals surface area contributed by atoms with E-state index in [4.69, 9.17) is 0 Å². The fourth-order valence-electron chi connectivity index (χ4n) is 2.03. The van der Waals surface area contributed by atoms with Gasteiger partial charge in [0.15, 0.2) is 0 Å². The van der Waals surface area contributed by atoms with Gasteiger partial charge in [-0.25, -0.2) is 4.98 Å². The minimum absolute atomic E-state index is 0.0217. The van der Waals surface area contributed by atoms with Crippen molar-refractivity contribution in [1.82, 2.24) is 4.98 Å². The summed E-state index contributed by atoms with van der Waals surface area (Å²) < 4.78 is 0. The smallest absolute Gasteiger partial charge is 0.258 e. The maximum atomic E-state index is 10.7. The highest BCUT2D eigenvalue weighted by Gasteiger charge is 2.08. The number of non-ortho nitro benzene ring substituents is 1. The number of nitro benzene ring substituents is 1. The number of rotatable bonds is 4. The van der Waals surface area contributed by atoms with E-state index < -0.39 is 9.85 Å². The first-order valence-corrected chi connectivity index (χ1v) is 7.32. The third-order valence-electron chi connectivity index (χ3n) is 3.12. The molecule has 2 heterocycles. The van der Waals surface area contributed by atoms with Gasteiger partial charge in [-0.1, -0.05) is 17.4 Å². The molecule has 0 aliphatic carbocycles. The number of hydrogen-bond acceptors (Lipinski definition) is 6. The average Bonchev–Trinajstić information content (AvgIpc) is 3.01. The summed E-state index contributed by atoms with van der Waals surface area (Å²) in [5, 5.41) is 22.2. The summed E-state index contributed by atoms with van der Waals surface area (Å²) in [6.07, 6.45) is 3.49. The van der Waals surface area contributed by atoms with Gasteiger partial charge in [0.25, 0.3) is 5.69 Å². The molecule has 0 atom stereocenters. The van der Waals surface area contributed by atoms with Gasteiger partial charge in [0.1, 0.15) is 0 Å². The Bertz CT molecular complexity index is 949. The molecular formula is C15H9N3O4S. The molecule has 0 saturated heterocycles. The molecule has 2 aromatic heterocycles. The number of benzene rings is 1. The van der Waals surface area contributed by atoms with E-state index in [9.17, 15) is 20.2 Å². The molecule has 0 fully saturated rings. The lowest BCUT2D eigenvalue weighted by Gasteiger charge is -1.99. The van der Waals surface area contributed by atoms with Gasteiger partial charge >= 0.3 is 5.00 Å². The Morgan fingerprint density at radius 3 is 2.48 bits per heavy atom. The molecule has 0 N–H and O–H groups in total. The van der Waals surface area contributed by atoms with Gasteiger partial charge in [0, 0.05) is 28.5 Å². The van der Waals surface area contributed by atoms with Crippen LogP contribution in [0.1, 0.15) is 10.6 Å². The topological polar surface area (TPSA) is 99.2 Å². The molecule has 0 saturated carbocycles. The fraction of sp³-hybridized carbons (Fsp3) is 0. The minimum Gasteiger partial charge on any atom is -0.258 e. The second kappa shape index (κ2) is 5.93. The molecule has 1 aromatic carbocycles. The van der Waals surface area contributed by atoms with Crippen LogP contribution in [0.25, 0.3) is 23.1 Å². The van der Waals surface area contributed by atoms with Crippen molar-refractivity contribution in [2.24, 2.45) is 0 Å². The number of nitrogens with zero attached hydrogens (tertiary/aromatic N) is 3. The summed E-state index contributed by atoms with van der Waals surface area (Å²) in [4.78, 5) is 25.7. The summed E-state index contributed by atoms with van der Waals surface area (Å²) in [7, 11) is 0. The van der Waals surface area contributed by atoms with Crippen LogP contribution in [0.3, 0.4) is 0 Å². The zero-order valence-electron chi connectivity index (χ0n) is 11.6. The van der Waals surface area contributed by atoms with Crippen LogP contribution in [-0.4, -0.2) is 14.8 Å². The first kappa shape index (κ1) is 14.8.